The minimum absolute atomic E-state index is 0.137. The van der Waals surface area contributed by atoms with Gasteiger partial charge in [-0.1, -0.05) is 23.2 Å². The Balaban J connectivity index is 1.94. The highest BCUT2D eigenvalue weighted by Crippen LogP contribution is 2.25. The van der Waals surface area contributed by atoms with Gasteiger partial charge in [0.25, 0.3) is 0 Å². The molecule has 6 heteroatoms. The van der Waals surface area contributed by atoms with E-state index in [0.29, 0.717) is 28.8 Å². The molecule has 1 saturated heterocycles. The zero-order valence-corrected chi connectivity index (χ0v) is 13.6. The standard InChI is InChI=1S/C15H20Cl2N2O2/c1-2-19(10-12-5-3-4-8-21-12)15(20)18-11-6-7-13(16)14(17)9-11/h6-7,9,12H,2-5,8,10H2,1H3,(H,18,20)/t12-/m1/s1. The van der Waals surface area contributed by atoms with E-state index in [1.807, 2.05) is 6.92 Å². The lowest BCUT2D eigenvalue weighted by Crippen LogP contribution is -2.41. The molecule has 1 aliphatic heterocycles. The molecule has 0 aromatic heterocycles. The monoisotopic (exact) mass is 330 g/mol. The topological polar surface area (TPSA) is 41.6 Å². The minimum Gasteiger partial charge on any atom is -0.376 e. The van der Waals surface area contributed by atoms with Crippen molar-refractivity contribution in [2.75, 3.05) is 25.0 Å². The Bertz CT molecular complexity index is 491. The number of amides is 2. The van der Waals surface area contributed by atoms with Crippen LogP contribution in [0, 0.1) is 0 Å². The highest BCUT2D eigenvalue weighted by molar-refractivity contribution is 6.42. The van der Waals surface area contributed by atoms with E-state index in [-0.39, 0.29) is 12.1 Å². The van der Waals surface area contributed by atoms with Crippen molar-refractivity contribution in [3.05, 3.63) is 28.2 Å². The maximum atomic E-state index is 12.3. The Morgan fingerprint density at radius 1 is 1.38 bits per heavy atom. The molecule has 21 heavy (non-hydrogen) atoms. The van der Waals surface area contributed by atoms with E-state index >= 15 is 0 Å². The predicted octanol–water partition coefficient (Wildman–Crippen LogP) is 4.42. The third kappa shape index (κ3) is 4.77. The molecule has 1 aromatic rings. The van der Waals surface area contributed by atoms with Crippen molar-refractivity contribution in [1.29, 1.82) is 0 Å². The average molecular weight is 331 g/mol. The van der Waals surface area contributed by atoms with Crippen LogP contribution in [-0.2, 0) is 4.74 Å². The van der Waals surface area contributed by atoms with Gasteiger partial charge in [-0.15, -0.1) is 0 Å². The van der Waals surface area contributed by atoms with E-state index in [0.717, 1.165) is 25.9 Å². The van der Waals surface area contributed by atoms with Crippen molar-refractivity contribution >= 4 is 34.9 Å². The van der Waals surface area contributed by atoms with E-state index in [1.165, 1.54) is 0 Å². The van der Waals surface area contributed by atoms with Crippen molar-refractivity contribution in [2.45, 2.75) is 32.3 Å². The summed E-state index contributed by atoms with van der Waals surface area (Å²) in [6.07, 6.45) is 3.42. The number of nitrogens with one attached hydrogen (secondary N) is 1. The van der Waals surface area contributed by atoms with E-state index in [2.05, 4.69) is 5.32 Å². The molecule has 116 valence electrons. The number of halogens is 2. The van der Waals surface area contributed by atoms with Gasteiger partial charge in [-0.25, -0.2) is 4.79 Å². The third-order valence-electron chi connectivity index (χ3n) is 3.54. The third-order valence-corrected chi connectivity index (χ3v) is 4.28. The predicted molar refractivity (Wildman–Crippen MR) is 86.3 cm³/mol. The normalized spacial score (nSPS) is 18.3. The van der Waals surface area contributed by atoms with Crippen molar-refractivity contribution in [1.82, 2.24) is 4.90 Å². The van der Waals surface area contributed by atoms with Crippen LogP contribution in [0.5, 0.6) is 0 Å². The molecule has 1 fully saturated rings. The fourth-order valence-corrected chi connectivity index (χ4v) is 2.63. The highest BCUT2D eigenvalue weighted by Gasteiger charge is 2.20. The van der Waals surface area contributed by atoms with E-state index < -0.39 is 0 Å². The number of ether oxygens (including phenoxy) is 1. The van der Waals surface area contributed by atoms with Gasteiger partial charge in [0.15, 0.2) is 0 Å². The zero-order chi connectivity index (χ0) is 15.2. The van der Waals surface area contributed by atoms with Crippen molar-refractivity contribution in [2.24, 2.45) is 0 Å². The molecular weight excluding hydrogens is 311 g/mol. The Morgan fingerprint density at radius 2 is 2.19 bits per heavy atom. The number of carbonyl (C=O) groups is 1. The van der Waals surface area contributed by atoms with Gasteiger partial charge in [0.1, 0.15) is 0 Å². The van der Waals surface area contributed by atoms with Gasteiger partial charge in [-0.05, 0) is 44.4 Å². The lowest BCUT2D eigenvalue weighted by Gasteiger charge is -2.29. The van der Waals surface area contributed by atoms with Crippen LogP contribution in [0.2, 0.25) is 10.0 Å². The fraction of sp³-hybridized carbons (Fsp3) is 0.533. The molecule has 1 atom stereocenters. The lowest BCUT2D eigenvalue weighted by atomic mass is 10.1. The molecule has 2 amide bonds. The number of nitrogens with zero attached hydrogens (tertiary/aromatic N) is 1. The summed E-state index contributed by atoms with van der Waals surface area (Å²) in [5, 5.41) is 3.73. The number of hydrogen-bond acceptors (Lipinski definition) is 2. The summed E-state index contributed by atoms with van der Waals surface area (Å²) in [6, 6.07) is 4.90. The molecular formula is C15H20Cl2N2O2. The largest absolute Gasteiger partial charge is 0.376 e. The number of urea groups is 1. The van der Waals surface area contributed by atoms with Gasteiger partial charge in [0.2, 0.25) is 0 Å². The Morgan fingerprint density at radius 3 is 2.81 bits per heavy atom. The van der Waals surface area contributed by atoms with Gasteiger partial charge in [-0.2, -0.15) is 0 Å². The number of hydrogen-bond donors (Lipinski definition) is 1. The summed E-state index contributed by atoms with van der Waals surface area (Å²) in [4.78, 5) is 14.0. The second-order valence-corrected chi connectivity index (χ2v) is 5.90. The number of carbonyl (C=O) groups excluding carboxylic acids is 1. The van der Waals surface area contributed by atoms with Crippen LogP contribution >= 0.6 is 23.2 Å². The molecule has 0 unspecified atom stereocenters. The molecule has 1 aromatic carbocycles. The van der Waals surface area contributed by atoms with Crippen molar-refractivity contribution in [3.63, 3.8) is 0 Å². The first-order valence-electron chi connectivity index (χ1n) is 7.22. The molecule has 2 rings (SSSR count). The molecule has 1 heterocycles. The first kappa shape index (κ1) is 16.4. The van der Waals surface area contributed by atoms with Crippen molar-refractivity contribution in [3.8, 4) is 0 Å². The van der Waals surface area contributed by atoms with Crippen LogP contribution in [0.3, 0.4) is 0 Å². The SMILES string of the molecule is CCN(C[C@H]1CCCCO1)C(=O)Nc1ccc(Cl)c(Cl)c1. The molecule has 0 spiro atoms. The summed E-state index contributed by atoms with van der Waals surface area (Å²) in [5.74, 6) is 0. The second kappa shape index (κ2) is 7.87. The molecule has 1 N–H and O–H groups in total. The summed E-state index contributed by atoms with van der Waals surface area (Å²) in [5.41, 5.74) is 0.636. The smallest absolute Gasteiger partial charge is 0.321 e. The molecule has 0 saturated carbocycles. The second-order valence-electron chi connectivity index (χ2n) is 5.09. The summed E-state index contributed by atoms with van der Waals surface area (Å²) >= 11 is 11.8. The van der Waals surface area contributed by atoms with E-state index in [4.69, 9.17) is 27.9 Å². The number of likely N-dealkylation sites (N-methyl/N-ethyl adjacent to an activating group) is 1. The van der Waals surface area contributed by atoms with Gasteiger partial charge in [0, 0.05) is 25.4 Å². The zero-order valence-electron chi connectivity index (χ0n) is 12.1. The van der Waals surface area contributed by atoms with E-state index in [9.17, 15) is 4.79 Å². The summed E-state index contributed by atoms with van der Waals surface area (Å²) in [6.45, 7) is 3.99. The Kier molecular flexibility index (Phi) is 6.15. The van der Waals surface area contributed by atoms with Crippen LogP contribution in [0.15, 0.2) is 18.2 Å². The van der Waals surface area contributed by atoms with Crippen LogP contribution in [-0.4, -0.2) is 36.7 Å². The lowest BCUT2D eigenvalue weighted by molar-refractivity contribution is 0.00221. The molecule has 4 nitrogen and oxygen atoms in total. The highest BCUT2D eigenvalue weighted by atomic mass is 35.5. The first-order valence-corrected chi connectivity index (χ1v) is 7.98. The van der Waals surface area contributed by atoms with Crippen LogP contribution in [0.4, 0.5) is 10.5 Å². The Hall–Kier alpha value is -0.970. The Labute approximate surface area is 135 Å². The molecule has 0 aliphatic carbocycles. The average Bonchev–Trinajstić information content (AvgIpc) is 2.49. The van der Waals surface area contributed by atoms with Crippen LogP contribution in [0.25, 0.3) is 0 Å². The van der Waals surface area contributed by atoms with Gasteiger partial charge >= 0.3 is 6.03 Å². The minimum atomic E-state index is -0.148. The molecule has 0 radical (unpaired) electrons. The summed E-state index contributed by atoms with van der Waals surface area (Å²) in [7, 11) is 0. The first-order chi connectivity index (χ1) is 10.1. The molecule has 1 aliphatic rings. The number of benzene rings is 1. The number of rotatable bonds is 4. The maximum absolute atomic E-state index is 12.3. The van der Waals surface area contributed by atoms with Crippen LogP contribution in [0.1, 0.15) is 26.2 Å². The summed E-state index contributed by atoms with van der Waals surface area (Å²) < 4.78 is 5.69. The van der Waals surface area contributed by atoms with Gasteiger partial charge in [-0.3, -0.25) is 0 Å². The van der Waals surface area contributed by atoms with Crippen LogP contribution < -0.4 is 5.32 Å². The fourth-order valence-electron chi connectivity index (χ4n) is 2.33. The van der Waals surface area contributed by atoms with Gasteiger partial charge in [0.05, 0.1) is 16.1 Å². The maximum Gasteiger partial charge on any atom is 0.321 e. The molecule has 0 bridgehead atoms. The van der Waals surface area contributed by atoms with Crippen molar-refractivity contribution < 1.29 is 9.53 Å². The quantitative estimate of drug-likeness (QED) is 0.887. The number of anilines is 1. The van der Waals surface area contributed by atoms with Gasteiger partial charge < -0.3 is 15.0 Å². The van der Waals surface area contributed by atoms with E-state index in [1.54, 1.807) is 23.1 Å².